The van der Waals surface area contributed by atoms with Crippen LogP contribution in [-0.2, 0) is 53.3 Å². The van der Waals surface area contributed by atoms with Gasteiger partial charge in [-0.15, -0.1) is 0 Å². The normalized spacial score (nSPS) is 6.29. The van der Waals surface area contributed by atoms with Gasteiger partial charge in [-0.2, -0.15) is 0 Å². The summed E-state index contributed by atoms with van der Waals surface area (Å²) in [5.41, 5.74) is 0. The Hall–Kier alpha value is -1.08. The van der Waals surface area contributed by atoms with Gasteiger partial charge in [0.25, 0.3) is 0 Å². The van der Waals surface area contributed by atoms with Crippen LogP contribution >= 0.6 is 0 Å². The van der Waals surface area contributed by atoms with Gasteiger partial charge in [0.2, 0.25) is 0 Å². The smallest absolute Gasteiger partial charge is 0.543 e. The summed E-state index contributed by atoms with van der Waals surface area (Å²) in [5, 5.41) is 35.7. The molecule has 0 bridgehead atoms. The van der Waals surface area contributed by atoms with Gasteiger partial charge in [-0.25, -0.2) is 0 Å². The molecule has 0 unspecified atom stereocenters. The molecule has 0 atom stereocenters. The zero-order valence-electron chi connectivity index (χ0n) is 5.87. The van der Waals surface area contributed by atoms with Crippen LogP contribution in [0.4, 0.5) is 0 Å². The monoisotopic (exact) mass is 302 g/mol. The Morgan fingerprint density at radius 3 is 0.571 bits per heavy atom. The molecule has 0 aliphatic heterocycles. The first-order chi connectivity index (χ1) is 5.29. The van der Waals surface area contributed by atoms with Crippen LogP contribution in [0.15, 0.2) is 0 Å². The minimum atomic E-state index is -2.19. The molecule has 8 nitrogen and oxygen atoms in total. The maximum absolute atomic E-state index is 8.93. The molecule has 0 N–H and O–H groups in total. The van der Waals surface area contributed by atoms with E-state index in [1.54, 1.807) is 0 Å². The first kappa shape index (κ1) is 23.1. The zero-order chi connectivity index (χ0) is 10.3. The minimum Gasteiger partial charge on any atom is -0.543 e. The molecule has 2 radical (unpaired) electrons. The molecule has 0 heterocycles. The van der Waals surface area contributed by atoms with Crippen LogP contribution in [0.25, 0.3) is 0 Å². The van der Waals surface area contributed by atoms with Crippen molar-refractivity contribution in [3.63, 3.8) is 0 Å². The summed E-state index contributed by atoms with van der Waals surface area (Å²) < 4.78 is 0. The van der Waals surface area contributed by atoms with Crippen LogP contribution in [0.3, 0.4) is 0 Å². The van der Waals surface area contributed by atoms with Crippen LogP contribution in [0, 0.1) is 0 Å². The topological polar surface area (TPSA) is 161 Å². The molecule has 0 amide bonds. The Morgan fingerprint density at radius 2 is 0.571 bits per heavy atom. The fourth-order valence-corrected chi connectivity index (χ4v) is 0. The van der Waals surface area contributed by atoms with Gasteiger partial charge in [0, 0.05) is 0 Å². The number of carboxylic acids is 4. The zero-order valence-corrected chi connectivity index (χ0v) is 7.75. The number of hydrogen-bond acceptors (Lipinski definition) is 8. The minimum absolute atomic E-state index is 0. The molecule has 0 spiro atoms. The molecular formula is C4Cu2O8. The number of aliphatic carboxylic acids is 4. The average molecular weight is 303 g/mol. The molecular weight excluding hydrogens is 303 g/mol. The second-order valence-electron chi connectivity index (χ2n) is 1.15. The van der Waals surface area contributed by atoms with E-state index in [4.69, 9.17) is 39.6 Å². The van der Waals surface area contributed by atoms with E-state index in [2.05, 4.69) is 0 Å². The molecule has 0 aromatic heterocycles. The molecule has 0 fully saturated rings. The van der Waals surface area contributed by atoms with Crippen molar-refractivity contribution < 1.29 is 73.7 Å². The Balaban J connectivity index is -0.0000000625. The summed E-state index contributed by atoms with van der Waals surface area (Å²) in [7, 11) is 0. The van der Waals surface area contributed by atoms with Gasteiger partial charge < -0.3 is 39.6 Å². The maximum atomic E-state index is 8.93. The molecule has 0 aromatic rings. The largest absolute Gasteiger partial charge is 2.00 e. The van der Waals surface area contributed by atoms with Crippen LogP contribution in [0.1, 0.15) is 0 Å². The van der Waals surface area contributed by atoms with Gasteiger partial charge in [0.15, 0.2) is 0 Å². The number of carbonyl (C=O) groups is 4. The average Bonchev–Trinajstić information content (AvgIpc) is 1.88. The Kier molecular flexibility index (Phi) is 19.6. The Bertz CT molecular complexity index is 175. The predicted molar refractivity (Wildman–Crippen MR) is 20.0 cm³/mol. The van der Waals surface area contributed by atoms with Crippen molar-refractivity contribution in [2.45, 2.75) is 0 Å². The van der Waals surface area contributed by atoms with Crippen molar-refractivity contribution in [3.8, 4) is 0 Å². The molecule has 0 aliphatic rings. The standard InChI is InChI=1S/2C2H2O4.2Cu/c2*3-1(4)2(5)6;;/h2*(H,3,4)(H,5,6);;/q;;2*+2/p-4. The summed E-state index contributed by atoms with van der Waals surface area (Å²) in [6.07, 6.45) is 0. The van der Waals surface area contributed by atoms with E-state index in [1.807, 2.05) is 0 Å². The molecule has 0 saturated carbocycles. The first-order valence-electron chi connectivity index (χ1n) is 2.13. The summed E-state index contributed by atoms with van der Waals surface area (Å²) in [6.45, 7) is 0. The van der Waals surface area contributed by atoms with Crippen molar-refractivity contribution in [3.05, 3.63) is 0 Å². The van der Waals surface area contributed by atoms with E-state index >= 15 is 0 Å². The van der Waals surface area contributed by atoms with Crippen LogP contribution in [0.2, 0.25) is 0 Å². The first-order valence-corrected chi connectivity index (χ1v) is 2.13. The number of carboxylic acid groups (broad SMARTS) is 4. The summed E-state index contributed by atoms with van der Waals surface area (Å²) in [6, 6.07) is 0. The Morgan fingerprint density at radius 1 is 0.500 bits per heavy atom. The van der Waals surface area contributed by atoms with Crippen molar-refractivity contribution in [1.82, 2.24) is 0 Å². The molecule has 0 saturated heterocycles. The van der Waals surface area contributed by atoms with Gasteiger partial charge >= 0.3 is 34.1 Å². The molecule has 0 aromatic carbocycles. The van der Waals surface area contributed by atoms with E-state index in [0.717, 1.165) is 0 Å². The third kappa shape index (κ3) is 22.4. The van der Waals surface area contributed by atoms with Crippen molar-refractivity contribution in [1.29, 1.82) is 0 Å². The van der Waals surface area contributed by atoms with Crippen LogP contribution in [-0.4, -0.2) is 23.9 Å². The SMILES string of the molecule is O=C([O-])C(=O)[O-].O=C([O-])C(=O)[O-].[Cu+2].[Cu+2]. The summed E-state index contributed by atoms with van der Waals surface area (Å²) >= 11 is 0. The van der Waals surface area contributed by atoms with Gasteiger partial charge in [-0.3, -0.25) is 0 Å². The predicted octanol–water partition coefficient (Wildman–Crippen LogP) is -7.03. The van der Waals surface area contributed by atoms with Crippen LogP contribution < -0.4 is 20.4 Å². The van der Waals surface area contributed by atoms with E-state index in [-0.39, 0.29) is 34.1 Å². The third-order valence-electron chi connectivity index (χ3n) is 0.333. The van der Waals surface area contributed by atoms with Crippen molar-refractivity contribution in [2.75, 3.05) is 0 Å². The molecule has 14 heavy (non-hydrogen) atoms. The van der Waals surface area contributed by atoms with Gasteiger partial charge in [-0.05, 0) is 0 Å². The third-order valence-corrected chi connectivity index (χ3v) is 0.333. The second kappa shape index (κ2) is 11.9. The van der Waals surface area contributed by atoms with Gasteiger partial charge in [-0.1, -0.05) is 0 Å². The Labute approximate surface area is 97.9 Å². The van der Waals surface area contributed by atoms with Gasteiger partial charge in [0.05, 0.1) is 23.9 Å². The van der Waals surface area contributed by atoms with E-state index in [1.165, 1.54) is 0 Å². The van der Waals surface area contributed by atoms with Crippen LogP contribution in [0.5, 0.6) is 0 Å². The van der Waals surface area contributed by atoms with E-state index in [0.29, 0.717) is 0 Å². The summed E-state index contributed by atoms with van der Waals surface area (Å²) in [5.74, 6) is -8.74. The fraction of sp³-hybridized carbons (Fsp3) is 0. The van der Waals surface area contributed by atoms with E-state index < -0.39 is 23.9 Å². The summed E-state index contributed by atoms with van der Waals surface area (Å²) in [4.78, 5) is 35.7. The van der Waals surface area contributed by atoms with Crippen molar-refractivity contribution >= 4 is 23.9 Å². The quantitative estimate of drug-likeness (QED) is 0.315. The number of rotatable bonds is 0. The van der Waals surface area contributed by atoms with E-state index in [9.17, 15) is 0 Å². The molecule has 86 valence electrons. The molecule has 0 rings (SSSR count). The number of carbonyl (C=O) groups excluding carboxylic acids is 4. The maximum Gasteiger partial charge on any atom is 2.00 e. The van der Waals surface area contributed by atoms with Gasteiger partial charge in [0.1, 0.15) is 0 Å². The second-order valence-corrected chi connectivity index (χ2v) is 1.15. The fourth-order valence-electron chi connectivity index (χ4n) is 0. The molecule has 10 heteroatoms. The number of hydrogen-bond donors (Lipinski definition) is 0. The van der Waals surface area contributed by atoms with Crippen molar-refractivity contribution in [2.24, 2.45) is 0 Å². The molecule has 0 aliphatic carbocycles.